The second-order valence-corrected chi connectivity index (χ2v) is 6.86. The van der Waals surface area contributed by atoms with Gasteiger partial charge in [-0.1, -0.05) is 11.6 Å². The van der Waals surface area contributed by atoms with Crippen LogP contribution in [0.15, 0.2) is 11.0 Å². The van der Waals surface area contributed by atoms with Crippen molar-refractivity contribution in [1.82, 2.24) is 9.78 Å². The first kappa shape index (κ1) is 14.9. The van der Waals surface area contributed by atoms with Gasteiger partial charge in [0, 0.05) is 25.7 Å². The van der Waals surface area contributed by atoms with Gasteiger partial charge in [-0.2, -0.15) is 5.10 Å². The highest BCUT2D eigenvalue weighted by Crippen LogP contribution is 2.31. The van der Waals surface area contributed by atoms with Crippen LogP contribution in [0.25, 0.3) is 0 Å². The van der Waals surface area contributed by atoms with Gasteiger partial charge in [-0.3, -0.25) is 4.79 Å². The second kappa shape index (κ2) is 5.97. The molecule has 0 amide bonds. The van der Waals surface area contributed by atoms with E-state index in [4.69, 9.17) is 17.3 Å². The Morgan fingerprint density at radius 3 is 2.62 bits per heavy atom. The van der Waals surface area contributed by atoms with Gasteiger partial charge in [0.05, 0.1) is 11.2 Å². The minimum atomic E-state index is -0.0632. The molecule has 2 aliphatic rings. The molecule has 0 atom stereocenters. The molecule has 2 aliphatic carbocycles. The Morgan fingerprint density at radius 2 is 2.00 bits per heavy atom. The zero-order valence-electron chi connectivity index (χ0n) is 12.5. The number of aromatic nitrogens is 2. The van der Waals surface area contributed by atoms with Gasteiger partial charge in [-0.25, -0.2) is 4.68 Å². The van der Waals surface area contributed by atoms with Crippen LogP contribution in [0.3, 0.4) is 0 Å². The van der Waals surface area contributed by atoms with Crippen molar-refractivity contribution in [2.75, 3.05) is 11.9 Å². The van der Waals surface area contributed by atoms with Crippen molar-refractivity contribution >= 4 is 17.3 Å². The second-order valence-electron chi connectivity index (χ2n) is 6.45. The lowest BCUT2D eigenvalue weighted by Gasteiger charge is -2.34. The van der Waals surface area contributed by atoms with Crippen LogP contribution in [0, 0.1) is 5.92 Å². The predicted octanol–water partition coefficient (Wildman–Crippen LogP) is 2.01. The summed E-state index contributed by atoms with van der Waals surface area (Å²) >= 11 is 6.25. The van der Waals surface area contributed by atoms with E-state index in [1.54, 1.807) is 10.9 Å². The van der Waals surface area contributed by atoms with Gasteiger partial charge >= 0.3 is 0 Å². The summed E-state index contributed by atoms with van der Waals surface area (Å²) in [5, 5.41) is 4.63. The summed E-state index contributed by atoms with van der Waals surface area (Å²) < 4.78 is 1.57. The van der Waals surface area contributed by atoms with Gasteiger partial charge in [0.2, 0.25) is 0 Å². The van der Waals surface area contributed by atoms with Crippen molar-refractivity contribution in [3.63, 3.8) is 0 Å². The number of nitrogens with zero attached hydrogens (tertiary/aromatic N) is 3. The van der Waals surface area contributed by atoms with Crippen molar-refractivity contribution in [1.29, 1.82) is 0 Å². The number of anilines is 1. The van der Waals surface area contributed by atoms with Crippen molar-refractivity contribution in [2.45, 2.75) is 57.2 Å². The minimum Gasteiger partial charge on any atom is -0.366 e. The van der Waals surface area contributed by atoms with Crippen LogP contribution >= 0.6 is 11.6 Å². The molecule has 0 saturated heterocycles. The average molecular weight is 311 g/mol. The van der Waals surface area contributed by atoms with Crippen molar-refractivity contribution in [3.05, 3.63) is 21.6 Å². The largest absolute Gasteiger partial charge is 0.366 e. The van der Waals surface area contributed by atoms with Crippen LogP contribution in [0.2, 0.25) is 5.02 Å². The Labute approximate surface area is 130 Å². The van der Waals surface area contributed by atoms with Gasteiger partial charge in [-0.15, -0.1) is 0 Å². The Kier molecular flexibility index (Phi) is 4.22. The molecule has 0 aromatic carbocycles. The van der Waals surface area contributed by atoms with Crippen LogP contribution < -0.4 is 16.2 Å². The van der Waals surface area contributed by atoms with E-state index in [-0.39, 0.29) is 5.56 Å². The van der Waals surface area contributed by atoms with E-state index in [1.165, 1.54) is 12.8 Å². The smallest absolute Gasteiger partial charge is 0.291 e. The molecule has 0 aliphatic heterocycles. The molecule has 6 heteroatoms. The van der Waals surface area contributed by atoms with Crippen molar-refractivity contribution in [2.24, 2.45) is 11.7 Å². The molecule has 0 radical (unpaired) electrons. The molecule has 0 unspecified atom stereocenters. The maximum atomic E-state index is 12.7. The first-order valence-corrected chi connectivity index (χ1v) is 8.18. The standard InChI is InChI=1S/C15H23ClN4O/c1-19(12-6-4-11(17)5-7-12)14-13(16)8-18-20(15(14)21)9-10-2-3-10/h8,10-12H,2-7,9,17H2,1H3. The summed E-state index contributed by atoms with van der Waals surface area (Å²) in [6, 6.07) is 0.640. The van der Waals surface area contributed by atoms with Gasteiger partial charge in [0.15, 0.2) is 0 Å². The van der Waals surface area contributed by atoms with Crippen molar-refractivity contribution < 1.29 is 0 Å². The Bertz CT molecular complexity index is 561. The first-order chi connectivity index (χ1) is 10.1. The van der Waals surface area contributed by atoms with E-state index in [0.29, 0.717) is 35.3 Å². The van der Waals surface area contributed by atoms with Gasteiger partial charge in [0.25, 0.3) is 5.56 Å². The topological polar surface area (TPSA) is 64.2 Å². The zero-order chi connectivity index (χ0) is 15.0. The van der Waals surface area contributed by atoms with Crippen LogP contribution in [0.4, 0.5) is 5.69 Å². The Balaban J connectivity index is 1.84. The molecule has 3 rings (SSSR count). The molecule has 116 valence electrons. The number of halogens is 1. The number of nitrogens with two attached hydrogens (primary N) is 1. The number of hydrogen-bond donors (Lipinski definition) is 1. The molecule has 5 nitrogen and oxygen atoms in total. The predicted molar refractivity (Wildman–Crippen MR) is 84.9 cm³/mol. The van der Waals surface area contributed by atoms with Crippen LogP contribution in [0.5, 0.6) is 0 Å². The van der Waals surface area contributed by atoms with Crippen LogP contribution in [0.1, 0.15) is 38.5 Å². The first-order valence-electron chi connectivity index (χ1n) is 7.80. The zero-order valence-corrected chi connectivity index (χ0v) is 13.2. The third-order valence-electron chi connectivity index (χ3n) is 4.74. The molecule has 2 saturated carbocycles. The fourth-order valence-electron chi connectivity index (χ4n) is 3.12. The Morgan fingerprint density at radius 1 is 1.33 bits per heavy atom. The molecule has 0 spiro atoms. The maximum Gasteiger partial charge on any atom is 0.291 e. The Hall–Kier alpha value is -1.07. The molecule has 1 aromatic rings. The third-order valence-corrected chi connectivity index (χ3v) is 5.02. The van der Waals surface area contributed by atoms with E-state index in [0.717, 1.165) is 25.7 Å². The lowest BCUT2D eigenvalue weighted by atomic mass is 9.91. The third kappa shape index (κ3) is 3.24. The highest BCUT2D eigenvalue weighted by Gasteiger charge is 2.27. The number of hydrogen-bond acceptors (Lipinski definition) is 4. The summed E-state index contributed by atoms with van der Waals surface area (Å²) in [4.78, 5) is 14.7. The van der Waals surface area contributed by atoms with Crippen molar-refractivity contribution in [3.8, 4) is 0 Å². The monoisotopic (exact) mass is 310 g/mol. The lowest BCUT2D eigenvalue weighted by molar-refractivity contribution is 0.383. The highest BCUT2D eigenvalue weighted by atomic mass is 35.5. The van der Waals surface area contributed by atoms with Crippen LogP contribution in [-0.2, 0) is 6.54 Å². The van der Waals surface area contributed by atoms with E-state index in [9.17, 15) is 4.79 Å². The van der Waals surface area contributed by atoms with E-state index < -0.39 is 0 Å². The SMILES string of the molecule is CN(c1c(Cl)cnn(CC2CC2)c1=O)C1CCC(N)CC1. The molecule has 1 heterocycles. The normalized spacial score (nSPS) is 25.9. The maximum absolute atomic E-state index is 12.7. The highest BCUT2D eigenvalue weighted by molar-refractivity contribution is 6.33. The van der Waals surface area contributed by atoms with Gasteiger partial charge < -0.3 is 10.6 Å². The van der Waals surface area contributed by atoms with E-state index >= 15 is 0 Å². The summed E-state index contributed by atoms with van der Waals surface area (Å²) in [6.07, 6.45) is 8.04. The summed E-state index contributed by atoms with van der Waals surface area (Å²) in [5.41, 5.74) is 6.49. The summed E-state index contributed by atoms with van der Waals surface area (Å²) in [7, 11) is 1.96. The van der Waals surface area contributed by atoms with Gasteiger partial charge in [0.1, 0.15) is 5.69 Å². The molecular weight excluding hydrogens is 288 g/mol. The molecule has 2 N–H and O–H groups in total. The molecular formula is C15H23ClN4O. The lowest BCUT2D eigenvalue weighted by Crippen LogP contribution is -2.42. The average Bonchev–Trinajstić information content (AvgIpc) is 3.27. The van der Waals surface area contributed by atoms with E-state index in [2.05, 4.69) is 5.10 Å². The van der Waals surface area contributed by atoms with Gasteiger partial charge in [-0.05, 0) is 44.4 Å². The molecule has 0 bridgehead atoms. The summed E-state index contributed by atoms with van der Waals surface area (Å²) in [5.74, 6) is 0.613. The quantitative estimate of drug-likeness (QED) is 0.924. The summed E-state index contributed by atoms with van der Waals surface area (Å²) in [6.45, 7) is 0.715. The molecule has 21 heavy (non-hydrogen) atoms. The minimum absolute atomic E-state index is 0.0632. The number of rotatable bonds is 4. The fourth-order valence-corrected chi connectivity index (χ4v) is 3.38. The fraction of sp³-hybridized carbons (Fsp3) is 0.733. The van der Waals surface area contributed by atoms with E-state index in [1.807, 2.05) is 11.9 Å². The molecule has 1 aromatic heterocycles. The molecule has 2 fully saturated rings. The van der Waals surface area contributed by atoms with Crippen LogP contribution in [-0.4, -0.2) is 28.9 Å².